The highest BCUT2D eigenvalue weighted by atomic mass is 35.5. The first kappa shape index (κ1) is 19.2. The highest BCUT2D eigenvalue weighted by Gasteiger charge is 2.13. The summed E-state index contributed by atoms with van der Waals surface area (Å²) in [7, 11) is 1.79. The number of imidazole rings is 1. The van der Waals surface area contributed by atoms with Crippen molar-refractivity contribution in [3.8, 4) is 5.75 Å². The minimum atomic E-state index is 0.0232. The number of carbonyl (C=O) groups is 1. The molecule has 5 nitrogen and oxygen atoms in total. The van der Waals surface area contributed by atoms with Crippen LogP contribution in [0.5, 0.6) is 5.75 Å². The van der Waals surface area contributed by atoms with Crippen LogP contribution in [0.1, 0.15) is 24.7 Å². The average molecular weight is 386 g/mol. The zero-order valence-corrected chi connectivity index (χ0v) is 16.7. The van der Waals surface area contributed by atoms with Gasteiger partial charge in [-0.25, -0.2) is 4.98 Å². The average Bonchev–Trinajstić information content (AvgIpc) is 2.98. The number of ether oxygens (including phenoxy) is 1. The summed E-state index contributed by atoms with van der Waals surface area (Å²) in [6.45, 7) is 5.38. The largest absolute Gasteiger partial charge is 0.494 e. The minimum Gasteiger partial charge on any atom is -0.494 e. The van der Waals surface area contributed by atoms with Crippen LogP contribution in [-0.4, -0.2) is 34.0 Å². The highest BCUT2D eigenvalue weighted by molar-refractivity contribution is 6.31. The summed E-state index contributed by atoms with van der Waals surface area (Å²) in [5.74, 6) is 1.73. The molecule has 0 saturated heterocycles. The van der Waals surface area contributed by atoms with E-state index in [-0.39, 0.29) is 5.91 Å². The molecule has 0 atom stereocenters. The van der Waals surface area contributed by atoms with Gasteiger partial charge in [0.1, 0.15) is 11.6 Å². The molecule has 3 rings (SSSR count). The third-order valence-corrected chi connectivity index (χ3v) is 5.00. The predicted octanol–water partition coefficient (Wildman–Crippen LogP) is 4.45. The van der Waals surface area contributed by atoms with Crippen LogP contribution in [0, 0.1) is 6.92 Å². The van der Waals surface area contributed by atoms with E-state index in [0.29, 0.717) is 13.2 Å². The Labute approximate surface area is 164 Å². The highest BCUT2D eigenvalue weighted by Crippen LogP contribution is 2.22. The number of amides is 1. The van der Waals surface area contributed by atoms with Crippen LogP contribution in [-0.2, 0) is 17.9 Å². The summed E-state index contributed by atoms with van der Waals surface area (Å²) in [5.41, 5.74) is 3.02. The number of nitrogens with zero attached hydrogens (tertiary/aromatic N) is 3. The van der Waals surface area contributed by atoms with E-state index in [9.17, 15) is 4.79 Å². The van der Waals surface area contributed by atoms with Gasteiger partial charge in [-0.05, 0) is 49.2 Å². The molecule has 0 bridgehead atoms. The number of benzene rings is 2. The summed E-state index contributed by atoms with van der Waals surface area (Å²) in [6, 6.07) is 13.7. The maximum absolute atomic E-state index is 11.6. The molecule has 1 amide bonds. The predicted molar refractivity (Wildman–Crippen MR) is 108 cm³/mol. The molecule has 0 unspecified atom stereocenters. The Morgan fingerprint density at radius 3 is 2.78 bits per heavy atom. The maximum atomic E-state index is 11.6. The molecule has 0 aliphatic rings. The van der Waals surface area contributed by atoms with Crippen molar-refractivity contribution in [2.45, 2.75) is 33.4 Å². The van der Waals surface area contributed by atoms with Crippen LogP contribution < -0.4 is 4.74 Å². The first-order valence-corrected chi connectivity index (χ1v) is 9.38. The number of aryl methyl sites for hydroxylation is 2. The Bertz CT molecular complexity index is 952. The molecule has 0 saturated carbocycles. The topological polar surface area (TPSA) is 47.4 Å². The maximum Gasteiger partial charge on any atom is 0.219 e. The standard InChI is InChI=1S/C21H24ClN3O2/c1-15-13-17(9-10-18(15)22)27-12-6-11-25-20-8-5-4-7-19(20)23-21(25)14-24(3)16(2)26/h4-5,7-10,13H,6,11-12,14H2,1-3H3. The smallest absolute Gasteiger partial charge is 0.219 e. The summed E-state index contributed by atoms with van der Waals surface area (Å²) in [4.78, 5) is 18.0. The molecule has 3 aromatic rings. The minimum absolute atomic E-state index is 0.0232. The number of hydrogen-bond acceptors (Lipinski definition) is 3. The van der Waals surface area contributed by atoms with E-state index in [1.165, 1.54) is 0 Å². The molecule has 1 heterocycles. The molecule has 2 aromatic carbocycles. The lowest BCUT2D eigenvalue weighted by Gasteiger charge is -2.16. The van der Waals surface area contributed by atoms with Crippen LogP contribution >= 0.6 is 11.6 Å². The molecule has 27 heavy (non-hydrogen) atoms. The first-order valence-electron chi connectivity index (χ1n) is 9.00. The lowest BCUT2D eigenvalue weighted by atomic mass is 10.2. The lowest BCUT2D eigenvalue weighted by molar-refractivity contribution is -0.128. The van der Waals surface area contributed by atoms with Gasteiger partial charge < -0.3 is 14.2 Å². The second-order valence-electron chi connectivity index (χ2n) is 6.66. The van der Waals surface area contributed by atoms with E-state index in [1.807, 2.05) is 43.3 Å². The van der Waals surface area contributed by atoms with E-state index in [1.54, 1.807) is 18.9 Å². The molecule has 0 aliphatic heterocycles. The number of para-hydroxylation sites is 2. The van der Waals surface area contributed by atoms with Gasteiger partial charge in [-0.3, -0.25) is 4.79 Å². The fourth-order valence-electron chi connectivity index (χ4n) is 2.94. The van der Waals surface area contributed by atoms with Crippen molar-refractivity contribution in [3.63, 3.8) is 0 Å². The Balaban J connectivity index is 1.69. The number of carbonyl (C=O) groups excluding carboxylic acids is 1. The van der Waals surface area contributed by atoms with Gasteiger partial charge in [0.15, 0.2) is 0 Å². The number of hydrogen-bond donors (Lipinski definition) is 0. The Morgan fingerprint density at radius 1 is 1.26 bits per heavy atom. The van der Waals surface area contributed by atoms with Crippen molar-refractivity contribution in [2.24, 2.45) is 0 Å². The van der Waals surface area contributed by atoms with Crippen LogP contribution in [0.15, 0.2) is 42.5 Å². The van der Waals surface area contributed by atoms with E-state index in [4.69, 9.17) is 21.3 Å². The Hall–Kier alpha value is -2.53. The van der Waals surface area contributed by atoms with Crippen molar-refractivity contribution in [3.05, 3.63) is 58.9 Å². The van der Waals surface area contributed by atoms with Crippen molar-refractivity contribution < 1.29 is 9.53 Å². The second-order valence-corrected chi connectivity index (χ2v) is 7.06. The van der Waals surface area contributed by atoms with Crippen molar-refractivity contribution in [1.82, 2.24) is 14.5 Å². The van der Waals surface area contributed by atoms with Crippen molar-refractivity contribution in [2.75, 3.05) is 13.7 Å². The monoisotopic (exact) mass is 385 g/mol. The summed E-state index contributed by atoms with van der Waals surface area (Å²) < 4.78 is 8.03. The Kier molecular flexibility index (Phi) is 6.01. The summed E-state index contributed by atoms with van der Waals surface area (Å²) in [5, 5.41) is 0.742. The quantitative estimate of drug-likeness (QED) is 0.564. The summed E-state index contributed by atoms with van der Waals surface area (Å²) >= 11 is 6.05. The number of rotatable bonds is 7. The Morgan fingerprint density at radius 2 is 2.04 bits per heavy atom. The first-order chi connectivity index (χ1) is 13.0. The fraction of sp³-hybridized carbons (Fsp3) is 0.333. The molecule has 1 aromatic heterocycles. The molecule has 0 aliphatic carbocycles. The molecule has 0 fully saturated rings. The molecule has 0 N–H and O–H groups in total. The third kappa shape index (κ3) is 4.61. The zero-order valence-electron chi connectivity index (χ0n) is 15.9. The van der Waals surface area contributed by atoms with E-state index >= 15 is 0 Å². The SMILES string of the molecule is CC(=O)N(C)Cc1nc2ccccc2n1CCCOc1ccc(Cl)c(C)c1. The van der Waals surface area contributed by atoms with Gasteiger partial charge in [0.25, 0.3) is 0 Å². The van der Waals surface area contributed by atoms with Gasteiger partial charge >= 0.3 is 0 Å². The van der Waals surface area contributed by atoms with E-state index in [2.05, 4.69) is 10.6 Å². The van der Waals surface area contributed by atoms with Gasteiger partial charge in [-0.15, -0.1) is 0 Å². The second kappa shape index (κ2) is 8.44. The van der Waals surface area contributed by atoms with Crippen LogP contribution in [0.25, 0.3) is 11.0 Å². The molecule has 0 radical (unpaired) electrons. The summed E-state index contributed by atoms with van der Waals surface area (Å²) in [6.07, 6.45) is 0.832. The third-order valence-electron chi connectivity index (χ3n) is 4.57. The number of halogens is 1. The van der Waals surface area contributed by atoms with Crippen molar-refractivity contribution >= 4 is 28.5 Å². The molecular weight excluding hydrogens is 362 g/mol. The van der Waals surface area contributed by atoms with Gasteiger partial charge in [-0.1, -0.05) is 23.7 Å². The molecular formula is C21H24ClN3O2. The normalized spacial score (nSPS) is 11.0. The van der Waals surface area contributed by atoms with E-state index in [0.717, 1.165) is 46.2 Å². The lowest BCUT2D eigenvalue weighted by Crippen LogP contribution is -2.25. The number of aromatic nitrogens is 2. The van der Waals surface area contributed by atoms with E-state index < -0.39 is 0 Å². The van der Waals surface area contributed by atoms with Gasteiger partial charge in [0.05, 0.1) is 24.2 Å². The van der Waals surface area contributed by atoms with Gasteiger partial charge in [0.2, 0.25) is 5.91 Å². The fourth-order valence-corrected chi connectivity index (χ4v) is 3.06. The molecule has 6 heteroatoms. The zero-order chi connectivity index (χ0) is 19.4. The van der Waals surface area contributed by atoms with Gasteiger partial charge in [0, 0.05) is 25.5 Å². The molecule has 0 spiro atoms. The van der Waals surface area contributed by atoms with Crippen LogP contribution in [0.2, 0.25) is 5.02 Å². The van der Waals surface area contributed by atoms with Gasteiger partial charge in [-0.2, -0.15) is 0 Å². The number of fused-ring (bicyclic) bond motifs is 1. The van der Waals surface area contributed by atoms with Crippen LogP contribution in [0.4, 0.5) is 0 Å². The van der Waals surface area contributed by atoms with Crippen LogP contribution in [0.3, 0.4) is 0 Å². The van der Waals surface area contributed by atoms with Crippen molar-refractivity contribution in [1.29, 1.82) is 0 Å². The molecule has 142 valence electrons.